The number of hydrogen-bond donors (Lipinski definition) is 1. The minimum atomic E-state index is -0.117. The lowest BCUT2D eigenvalue weighted by Crippen LogP contribution is -2.21. The summed E-state index contributed by atoms with van der Waals surface area (Å²) in [5.74, 6) is 1.69. The second kappa shape index (κ2) is 3.57. The molecule has 1 fully saturated rings. The van der Waals surface area contributed by atoms with Crippen molar-refractivity contribution in [1.29, 1.82) is 0 Å². The summed E-state index contributed by atoms with van der Waals surface area (Å²) in [5.41, 5.74) is 7.36. The minimum absolute atomic E-state index is 0.117. The van der Waals surface area contributed by atoms with Gasteiger partial charge in [-0.3, -0.25) is 0 Å². The molecule has 0 radical (unpaired) electrons. The fourth-order valence-electron chi connectivity index (χ4n) is 2.03. The molecule has 1 heterocycles. The van der Waals surface area contributed by atoms with Gasteiger partial charge >= 0.3 is 0 Å². The molecule has 0 aromatic heterocycles. The molecule has 1 aliphatic heterocycles. The predicted octanol–water partition coefficient (Wildman–Crippen LogP) is 2.13. The van der Waals surface area contributed by atoms with Crippen LogP contribution in [0.2, 0.25) is 0 Å². The summed E-state index contributed by atoms with van der Waals surface area (Å²) in [6, 6.07) is 4.12. The largest absolute Gasteiger partial charge is 0.486 e. The average molecular weight is 237 g/mol. The Kier molecular flexibility index (Phi) is 2.30. The molecular formula is C12H15NO2S. The van der Waals surface area contributed by atoms with E-state index in [4.69, 9.17) is 15.2 Å². The molecular weight excluding hydrogens is 222 g/mol. The van der Waals surface area contributed by atoms with E-state index in [1.54, 1.807) is 11.8 Å². The van der Waals surface area contributed by atoms with Crippen molar-refractivity contribution in [3.63, 3.8) is 0 Å². The van der Waals surface area contributed by atoms with E-state index in [-0.39, 0.29) is 5.54 Å². The first-order valence-electron chi connectivity index (χ1n) is 5.50. The van der Waals surface area contributed by atoms with Crippen LogP contribution in [0.15, 0.2) is 17.0 Å². The van der Waals surface area contributed by atoms with Gasteiger partial charge in [0.1, 0.15) is 13.2 Å². The first-order valence-corrected chi connectivity index (χ1v) is 6.72. The van der Waals surface area contributed by atoms with Gasteiger partial charge in [0.15, 0.2) is 11.5 Å². The van der Waals surface area contributed by atoms with Crippen LogP contribution in [-0.2, 0) is 5.54 Å². The molecule has 0 amide bonds. The second-order valence-electron chi connectivity index (χ2n) is 4.35. The second-order valence-corrected chi connectivity index (χ2v) is 5.20. The molecule has 1 saturated carbocycles. The molecule has 0 bridgehead atoms. The van der Waals surface area contributed by atoms with Crippen LogP contribution in [0, 0.1) is 0 Å². The number of ether oxygens (including phenoxy) is 2. The Morgan fingerprint density at radius 3 is 2.38 bits per heavy atom. The number of benzene rings is 1. The van der Waals surface area contributed by atoms with Crippen molar-refractivity contribution in [1.82, 2.24) is 0 Å². The fraction of sp³-hybridized carbons (Fsp3) is 0.500. The van der Waals surface area contributed by atoms with Crippen LogP contribution >= 0.6 is 11.8 Å². The molecule has 1 aromatic rings. The maximum absolute atomic E-state index is 6.27. The van der Waals surface area contributed by atoms with Gasteiger partial charge in [-0.2, -0.15) is 0 Å². The van der Waals surface area contributed by atoms with Crippen LogP contribution in [0.25, 0.3) is 0 Å². The number of hydrogen-bond acceptors (Lipinski definition) is 4. The van der Waals surface area contributed by atoms with E-state index in [0.29, 0.717) is 13.2 Å². The summed E-state index contributed by atoms with van der Waals surface area (Å²) >= 11 is 1.72. The molecule has 4 heteroatoms. The van der Waals surface area contributed by atoms with Gasteiger partial charge in [-0.1, -0.05) is 0 Å². The summed E-state index contributed by atoms with van der Waals surface area (Å²) in [6.45, 7) is 1.26. The average Bonchev–Trinajstić information content (AvgIpc) is 3.07. The van der Waals surface area contributed by atoms with Crippen molar-refractivity contribution in [2.45, 2.75) is 23.3 Å². The van der Waals surface area contributed by atoms with Crippen molar-refractivity contribution >= 4 is 11.8 Å². The van der Waals surface area contributed by atoms with E-state index < -0.39 is 0 Å². The SMILES string of the molecule is CSc1cc2c(cc1C1(N)CC1)OCCO2. The summed E-state index contributed by atoms with van der Waals surface area (Å²) in [4.78, 5) is 1.21. The molecule has 16 heavy (non-hydrogen) atoms. The lowest BCUT2D eigenvalue weighted by atomic mass is 10.0. The Morgan fingerprint density at radius 2 is 1.81 bits per heavy atom. The maximum atomic E-state index is 6.27. The van der Waals surface area contributed by atoms with Gasteiger partial charge in [-0.25, -0.2) is 0 Å². The summed E-state index contributed by atoms with van der Waals surface area (Å²) in [5, 5.41) is 0. The smallest absolute Gasteiger partial charge is 0.162 e. The quantitative estimate of drug-likeness (QED) is 0.800. The lowest BCUT2D eigenvalue weighted by molar-refractivity contribution is 0.170. The molecule has 0 atom stereocenters. The third-order valence-corrected chi connectivity index (χ3v) is 3.97. The molecule has 86 valence electrons. The van der Waals surface area contributed by atoms with Gasteiger partial charge in [0.25, 0.3) is 0 Å². The topological polar surface area (TPSA) is 44.5 Å². The zero-order valence-electron chi connectivity index (χ0n) is 9.29. The Labute approximate surface area is 99.3 Å². The molecule has 0 spiro atoms. The van der Waals surface area contributed by atoms with Crippen molar-refractivity contribution in [2.24, 2.45) is 5.73 Å². The molecule has 1 aromatic carbocycles. The normalized spacial score (nSPS) is 20.6. The van der Waals surface area contributed by atoms with Crippen LogP contribution in [0.1, 0.15) is 18.4 Å². The molecule has 2 aliphatic rings. The van der Waals surface area contributed by atoms with Gasteiger partial charge in [-0.05, 0) is 36.8 Å². The van der Waals surface area contributed by atoms with Gasteiger partial charge < -0.3 is 15.2 Å². The highest BCUT2D eigenvalue weighted by atomic mass is 32.2. The fourth-order valence-corrected chi connectivity index (χ4v) is 2.74. The molecule has 0 saturated heterocycles. The van der Waals surface area contributed by atoms with E-state index in [1.807, 2.05) is 0 Å². The first kappa shape index (κ1) is 10.3. The Hall–Kier alpha value is -0.870. The summed E-state index contributed by atoms with van der Waals surface area (Å²) in [7, 11) is 0. The number of thioether (sulfide) groups is 1. The number of fused-ring (bicyclic) bond motifs is 1. The third kappa shape index (κ3) is 1.57. The predicted molar refractivity (Wildman–Crippen MR) is 64.3 cm³/mol. The van der Waals surface area contributed by atoms with E-state index in [9.17, 15) is 0 Å². The zero-order valence-corrected chi connectivity index (χ0v) is 10.1. The Morgan fingerprint density at radius 1 is 1.19 bits per heavy atom. The minimum Gasteiger partial charge on any atom is -0.486 e. The zero-order chi connectivity index (χ0) is 11.2. The van der Waals surface area contributed by atoms with Crippen molar-refractivity contribution in [3.05, 3.63) is 17.7 Å². The van der Waals surface area contributed by atoms with Crippen LogP contribution < -0.4 is 15.2 Å². The molecule has 1 aliphatic carbocycles. The molecule has 0 unspecified atom stereocenters. The van der Waals surface area contributed by atoms with Crippen molar-refractivity contribution < 1.29 is 9.47 Å². The van der Waals surface area contributed by atoms with Crippen molar-refractivity contribution in [3.8, 4) is 11.5 Å². The lowest BCUT2D eigenvalue weighted by Gasteiger charge is -2.22. The van der Waals surface area contributed by atoms with E-state index in [2.05, 4.69) is 18.4 Å². The molecule has 3 nitrogen and oxygen atoms in total. The van der Waals surface area contributed by atoms with Gasteiger partial charge in [0.2, 0.25) is 0 Å². The third-order valence-electron chi connectivity index (χ3n) is 3.19. The Bertz CT molecular complexity index is 429. The first-order chi connectivity index (χ1) is 7.73. The standard InChI is InChI=1S/C12H15NO2S/c1-16-11-7-10-9(14-4-5-15-10)6-8(11)12(13)2-3-12/h6-7H,2-5,13H2,1H3. The van der Waals surface area contributed by atoms with Gasteiger partial charge in [0.05, 0.1) is 0 Å². The summed E-state index contributed by atoms with van der Waals surface area (Å²) in [6.07, 6.45) is 4.21. The number of nitrogens with two attached hydrogens (primary N) is 1. The highest BCUT2D eigenvalue weighted by Crippen LogP contribution is 2.49. The number of rotatable bonds is 2. The van der Waals surface area contributed by atoms with Crippen LogP contribution in [0.3, 0.4) is 0 Å². The molecule has 2 N–H and O–H groups in total. The van der Waals surface area contributed by atoms with E-state index in [0.717, 1.165) is 24.3 Å². The Balaban J connectivity index is 2.09. The maximum Gasteiger partial charge on any atom is 0.162 e. The van der Waals surface area contributed by atoms with Gasteiger partial charge in [-0.15, -0.1) is 11.8 Å². The van der Waals surface area contributed by atoms with E-state index in [1.165, 1.54) is 10.5 Å². The van der Waals surface area contributed by atoms with Crippen LogP contribution in [0.5, 0.6) is 11.5 Å². The monoisotopic (exact) mass is 237 g/mol. The summed E-state index contributed by atoms with van der Waals surface area (Å²) < 4.78 is 11.2. The van der Waals surface area contributed by atoms with Crippen molar-refractivity contribution in [2.75, 3.05) is 19.5 Å². The van der Waals surface area contributed by atoms with Crippen LogP contribution in [-0.4, -0.2) is 19.5 Å². The molecule has 3 rings (SSSR count). The van der Waals surface area contributed by atoms with E-state index >= 15 is 0 Å². The highest BCUT2D eigenvalue weighted by molar-refractivity contribution is 7.98. The highest BCUT2D eigenvalue weighted by Gasteiger charge is 2.42. The van der Waals surface area contributed by atoms with Gasteiger partial charge in [0, 0.05) is 10.4 Å². The van der Waals surface area contributed by atoms with Crippen LogP contribution in [0.4, 0.5) is 0 Å².